The largest absolute Gasteiger partial charge is 1.00 e. The molecule has 0 radical (unpaired) electrons. The van der Waals surface area contributed by atoms with Crippen molar-refractivity contribution in [2.45, 2.75) is 0 Å². The van der Waals surface area contributed by atoms with E-state index in [0.717, 1.165) is 6.26 Å². The van der Waals surface area contributed by atoms with Crippen LogP contribution in [0.5, 0.6) is 0 Å². The second-order valence-electron chi connectivity index (χ2n) is 0.183. The summed E-state index contributed by atoms with van der Waals surface area (Å²) in [5, 5.41) is 8.78. The molecule has 0 aromatic heterocycles. The molecule has 0 fully saturated rings. The third kappa shape index (κ3) is 11.1. The average Bonchev–Trinajstić information content (AvgIpc) is 1.37. The quantitative estimate of drug-likeness (QED) is 0.182. The Balaban J connectivity index is 0. The van der Waals surface area contributed by atoms with Crippen LogP contribution in [0.1, 0.15) is 0 Å². The zero-order chi connectivity index (χ0) is 3.41. The monoisotopic (exact) mass is 113 g/mol. The van der Waals surface area contributed by atoms with Gasteiger partial charge in [0.05, 0.1) is 0 Å². The third-order valence-corrected chi connectivity index (χ3v) is 0.112. The molecule has 22 valence electrons. The van der Waals surface area contributed by atoms with Crippen molar-refractivity contribution in [2.24, 2.45) is 0 Å². The van der Waals surface area contributed by atoms with Crippen molar-refractivity contribution in [2.75, 3.05) is 0 Å². The minimum Gasteiger partial charge on any atom is -0.776 e. The fourth-order valence-corrected chi connectivity index (χ4v) is 0. The van der Waals surface area contributed by atoms with E-state index in [1.54, 1.807) is 0 Å². The Bertz CT molecular complexity index is 48.4. The molecule has 0 aliphatic heterocycles. The maximum absolute atomic E-state index is 8.78. The SMILES string of the molecule is [K+].[O-]C#[N+][S-]. The van der Waals surface area contributed by atoms with Crippen LogP contribution in [0.15, 0.2) is 0 Å². The van der Waals surface area contributed by atoms with E-state index in [2.05, 4.69) is 17.1 Å². The van der Waals surface area contributed by atoms with E-state index < -0.39 is 0 Å². The summed E-state index contributed by atoms with van der Waals surface area (Å²) in [6.45, 7) is 0. The van der Waals surface area contributed by atoms with Gasteiger partial charge < -0.3 is 5.11 Å². The summed E-state index contributed by atoms with van der Waals surface area (Å²) in [6.07, 6.45) is 1.12. The van der Waals surface area contributed by atoms with Crippen LogP contribution in [-0.2, 0) is 12.8 Å². The van der Waals surface area contributed by atoms with Crippen LogP contribution in [0.4, 0.5) is 0 Å². The van der Waals surface area contributed by atoms with E-state index in [4.69, 9.17) is 5.11 Å². The zero-order valence-electron chi connectivity index (χ0n) is 2.76. The van der Waals surface area contributed by atoms with Crippen molar-refractivity contribution in [1.82, 2.24) is 0 Å². The molecule has 0 aliphatic rings. The Morgan fingerprint density at radius 3 is 2.00 bits per heavy atom. The van der Waals surface area contributed by atoms with Gasteiger partial charge in [-0.1, -0.05) is 0 Å². The molecule has 0 spiro atoms. The van der Waals surface area contributed by atoms with Crippen LogP contribution in [0.25, 0.3) is 4.25 Å². The van der Waals surface area contributed by atoms with Crippen LogP contribution in [0, 0.1) is 6.26 Å². The Kier molecular flexibility index (Phi) is 16.9. The molecule has 0 heterocycles. The van der Waals surface area contributed by atoms with E-state index in [-0.39, 0.29) is 51.4 Å². The van der Waals surface area contributed by atoms with Gasteiger partial charge in [-0.2, -0.15) is 4.25 Å². The fourth-order valence-electron chi connectivity index (χ4n) is 0. The van der Waals surface area contributed by atoms with Gasteiger partial charge in [-0.3, -0.25) is 12.8 Å². The molecule has 0 rings (SSSR count). The topological polar surface area (TPSA) is 27.4 Å². The van der Waals surface area contributed by atoms with Crippen LogP contribution < -0.4 is 56.5 Å². The Morgan fingerprint density at radius 2 is 2.00 bits per heavy atom. The Morgan fingerprint density at radius 1 is 1.80 bits per heavy atom. The molecule has 5 heavy (non-hydrogen) atoms. The first kappa shape index (κ1) is 9.47. The molecule has 4 heteroatoms. The van der Waals surface area contributed by atoms with Gasteiger partial charge in [0.1, 0.15) is 0 Å². The van der Waals surface area contributed by atoms with Gasteiger partial charge in [0, 0.05) is 0 Å². The first-order valence-corrected chi connectivity index (χ1v) is 0.975. The number of hydrogen-bond acceptors (Lipinski definition) is 2. The molecule has 0 atom stereocenters. The van der Waals surface area contributed by atoms with Crippen molar-refractivity contribution < 1.29 is 56.5 Å². The molecular formula is CKNOS. The summed E-state index contributed by atoms with van der Waals surface area (Å²) in [5.41, 5.74) is 0. The first-order chi connectivity index (χ1) is 1.91. The molecule has 0 amide bonds. The summed E-state index contributed by atoms with van der Waals surface area (Å²) >= 11 is 3.75. The summed E-state index contributed by atoms with van der Waals surface area (Å²) in [6, 6.07) is 0. The molecule has 0 saturated carbocycles. The van der Waals surface area contributed by atoms with Gasteiger partial charge in [0.15, 0.2) is 0 Å². The molecule has 0 saturated heterocycles. The van der Waals surface area contributed by atoms with E-state index >= 15 is 0 Å². The zero-order valence-corrected chi connectivity index (χ0v) is 6.70. The van der Waals surface area contributed by atoms with Crippen LogP contribution >= 0.6 is 0 Å². The van der Waals surface area contributed by atoms with Crippen LogP contribution in [0.3, 0.4) is 0 Å². The molecular weight excluding hydrogens is 113 g/mol. The Hall–Kier alpha value is 1.15. The maximum Gasteiger partial charge on any atom is 1.00 e. The maximum atomic E-state index is 8.78. The predicted molar refractivity (Wildman–Crippen MR) is 14.6 cm³/mol. The van der Waals surface area contributed by atoms with Crippen molar-refractivity contribution in [3.8, 4) is 6.26 Å². The molecule has 0 bridgehead atoms. The van der Waals surface area contributed by atoms with Gasteiger partial charge in [0.2, 0.25) is 6.26 Å². The number of rotatable bonds is 0. The average molecular weight is 113 g/mol. The molecule has 2 nitrogen and oxygen atoms in total. The van der Waals surface area contributed by atoms with E-state index in [1.165, 1.54) is 0 Å². The predicted octanol–water partition coefficient (Wildman–Crippen LogP) is -3.90. The summed E-state index contributed by atoms with van der Waals surface area (Å²) in [4.78, 5) is 0. The molecule has 0 aliphatic carbocycles. The number of hydrogen-bond donors (Lipinski definition) is 0. The van der Waals surface area contributed by atoms with Crippen molar-refractivity contribution in [1.29, 1.82) is 0 Å². The Labute approximate surface area is 78.3 Å². The van der Waals surface area contributed by atoms with Gasteiger partial charge in [-0.25, -0.2) is 0 Å². The second-order valence-corrected chi connectivity index (χ2v) is 0.365. The summed E-state index contributed by atoms with van der Waals surface area (Å²) in [7, 11) is 0. The second kappa shape index (κ2) is 8.94. The summed E-state index contributed by atoms with van der Waals surface area (Å²) < 4.78 is 2.51. The normalized spacial score (nSPS) is 2.40. The summed E-state index contributed by atoms with van der Waals surface area (Å²) in [5.74, 6) is 0. The van der Waals surface area contributed by atoms with E-state index in [9.17, 15) is 0 Å². The number of nitrogens with zero attached hydrogens (tertiary/aromatic N) is 1. The van der Waals surface area contributed by atoms with Crippen LogP contribution in [0.2, 0.25) is 0 Å². The van der Waals surface area contributed by atoms with Gasteiger partial charge >= 0.3 is 51.4 Å². The first-order valence-electron chi connectivity index (χ1n) is 0.610. The van der Waals surface area contributed by atoms with Crippen molar-refractivity contribution in [3.63, 3.8) is 0 Å². The fraction of sp³-hybridized carbons (Fsp3) is 0. The molecule has 0 aromatic carbocycles. The van der Waals surface area contributed by atoms with Gasteiger partial charge in [-0.05, 0) is 0 Å². The minimum absolute atomic E-state index is 0. The molecule has 0 aromatic rings. The van der Waals surface area contributed by atoms with Gasteiger partial charge in [0.25, 0.3) is 0 Å². The third-order valence-electron chi connectivity index (χ3n) is 0.0373. The van der Waals surface area contributed by atoms with E-state index in [1.807, 2.05) is 0 Å². The smallest absolute Gasteiger partial charge is 0.776 e. The molecule has 0 unspecified atom stereocenters. The molecule has 0 N–H and O–H groups in total. The minimum atomic E-state index is 0. The van der Waals surface area contributed by atoms with Crippen molar-refractivity contribution in [3.05, 3.63) is 4.25 Å². The van der Waals surface area contributed by atoms with Crippen LogP contribution in [-0.4, -0.2) is 0 Å². The van der Waals surface area contributed by atoms with Crippen molar-refractivity contribution >= 4 is 12.8 Å². The van der Waals surface area contributed by atoms with E-state index in [0.29, 0.717) is 0 Å². The standard InChI is InChI=1S/CHNOS.K/c3-1-2-4;/h3H;/q;+1/p-1. The van der Waals surface area contributed by atoms with Gasteiger partial charge in [-0.15, -0.1) is 0 Å².